The van der Waals surface area contributed by atoms with Gasteiger partial charge in [-0.2, -0.15) is 0 Å². The summed E-state index contributed by atoms with van der Waals surface area (Å²) in [5, 5.41) is 3.65. The summed E-state index contributed by atoms with van der Waals surface area (Å²) in [4.78, 5) is 2.46. The Labute approximate surface area is 111 Å². The highest BCUT2D eigenvalue weighted by molar-refractivity contribution is 7.17. The van der Waals surface area contributed by atoms with Crippen LogP contribution in [0.4, 0.5) is 0 Å². The first-order valence-corrected chi connectivity index (χ1v) is 7.24. The van der Waals surface area contributed by atoms with Gasteiger partial charge in [0, 0.05) is 30.9 Å². The van der Waals surface area contributed by atoms with Gasteiger partial charge in [0.15, 0.2) is 0 Å². The lowest BCUT2D eigenvalue weighted by molar-refractivity contribution is 0.0344. The second-order valence-corrected chi connectivity index (χ2v) is 5.53. The SMILES string of the molecule is NCc1cccc2c(CN3CCOCC3)csc12. The van der Waals surface area contributed by atoms with Gasteiger partial charge >= 0.3 is 0 Å². The minimum absolute atomic E-state index is 0.620. The number of fused-ring (bicyclic) bond motifs is 1. The van der Waals surface area contributed by atoms with E-state index < -0.39 is 0 Å². The van der Waals surface area contributed by atoms with Crippen LogP contribution < -0.4 is 5.73 Å². The quantitative estimate of drug-likeness (QED) is 0.921. The third-order valence-corrected chi connectivity index (χ3v) is 4.60. The third kappa shape index (κ3) is 2.29. The lowest BCUT2D eigenvalue weighted by atomic mass is 10.1. The molecule has 1 aliphatic heterocycles. The van der Waals surface area contributed by atoms with Crippen LogP contribution in [0, 0.1) is 0 Å². The summed E-state index contributed by atoms with van der Waals surface area (Å²) in [6.07, 6.45) is 0. The number of nitrogens with zero attached hydrogens (tertiary/aromatic N) is 1. The molecule has 0 amide bonds. The molecule has 2 aromatic rings. The van der Waals surface area contributed by atoms with Crippen molar-refractivity contribution < 1.29 is 4.74 Å². The van der Waals surface area contributed by atoms with E-state index in [-0.39, 0.29) is 0 Å². The Morgan fingerprint density at radius 1 is 1.22 bits per heavy atom. The molecule has 96 valence electrons. The first kappa shape index (κ1) is 12.1. The van der Waals surface area contributed by atoms with Gasteiger partial charge in [-0.3, -0.25) is 4.90 Å². The molecule has 18 heavy (non-hydrogen) atoms. The minimum Gasteiger partial charge on any atom is -0.379 e. The second-order valence-electron chi connectivity index (χ2n) is 4.65. The van der Waals surface area contributed by atoms with Gasteiger partial charge in [0.05, 0.1) is 13.2 Å². The molecular weight excluding hydrogens is 244 g/mol. The molecule has 1 saturated heterocycles. The van der Waals surface area contributed by atoms with Gasteiger partial charge in [0.2, 0.25) is 0 Å². The summed E-state index contributed by atoms with van der Waals surface area (Å²) in [7, 11) is 0. The first-order chi connectivity index (χ1) is 8.88. The Morgan fingerprint density at radius 2 is 2.06 bits per heavy atom. The van der Waals surface area contributed by atoms with E-state index in [9.17, 15) is 0 Å². The van der Waals surface area contributed by atoms with E-state index in [1.807, 2.05) is 11.3 Å². The van der Waals surface area contributed by atoms with E-state index in [1.54, 1.807) is 0 Å². The smallest absolute Gasteiger partial charge is 0.0594 e. The highest BCUT2D eigenvalue weighted by Crippen LogP contribution is 2.29. The zero-order chi connectivity index (χ0) is 12.4. The Kier molecular flexibility index (Phi) is 3.61. The van der Waals surface area contributed by atoms with Crippen molar-refractivity contribution >= 4 is 21.4 Å². The molecule has 1 fully saturated rings. The van der Waals surface area contributed by atoms with E-state index in [0.29, 0.717) is 6.54 Å². The predicted molar refractivity (Wildman–Crippen MR) is 75.8 cm³/mol. The fourth-order valence-electron chi connectivity index (χ4n) is 2.45. The van der Waals surface area contributed by atoms with Crippen molar-refractivity contribution in [3.8, 4) is 0 Å². The summed E-state index contributed by atoms with van der Waals surface area (Å²) in [5.74, 6) is 0. The largest absolute Gasteiger partial charge is 0.379 e. The first-order valence-electron chi connectivity index (χ1n) is 6.36. The molecule has 1 aliphatic rings. The molecule has 1 aromatic heterocycles. The average molecular weight is 262 g/mol. The molecule has 0 spiro atoms. The molecule has 0 unspecified atom stereocenters. The van der Waals surface area contributed by atoms with Crippen LogP contribution in [0.3, 0.4) is 0 Å². The molecule has 0 atom stereocenters. The van der Waals surface area contributed by atoms with Gasteiger partial charge in [0.1, 0.15) is 0 Å². The standard InChI is InChI=1S/C14H18N2OS/c15-8-11-2-1-3-13-12(10-18-14(11)13)9-16-4-6-17-7-5-16/h1-3,10H,4-9,15H2. The Hall–Kier alpha value is -0.940. The van der Waals surface area contributed by atoms with Crippen molar-refractivity contribution in [3.63, 3.8) is 0 Å². The molecule has 2 heterocycles. The van der Waals surface area contributed by atoms with E-state index in [2.05, 4.69) is 28.5 Å². The molecule has 3 rings (SSSR count). The monoisotopic (exact) mass is 262 g/mol. The number of thiophene rings is 1. The Bertz CT molecular complexity index is 532. The van der Waals surface area contributed by atoms with Crippen LogP contribution in [0.25, 0.3) is 10.1 Å². The Balaban J connectivity index is 1.88. The molecule has 0 saturated carbocycles. The van der Waals surface area contributed by atoms with Crippen molar-refractivity contribution in [1.29, 1.82) is 0 Å². The highest BCUT2D eigenvalue weighted by Gasteiger charge is 2.13. The average Bonchev–Trinajstić information content (AvgIpc) is 2.83. The van der Waals surface area contributed by atoms with Gasteiger partial charge in [-0.25, -0.2) is 0 Å². The minimum atomic E-state index is 0.620. The van der Waals surface area contributed by atoms with Crippen LogP contribution in [0.2, 0.25) is 0 Å². The number of ether oxygens (including phenoxy) is 1. The fraction of sp³-hybridized carbons (Fsp3) is 0.429. The van der Waals surface area contributed by atoms with Gasteiger partial charge in [-0.05, 0) is 21.9 Å². The van der Waals surface area contributed by atoms with Crippen LogP contribution in [-0.4, -0.2) is 31.2 Å². The molecule has 4 heteroatoms. The lowest BCUT2D eigenvalue weighted by Gasteiger charge is -2.26. The number of nitrogens with two attached hydrogens (primary N) is 1. The maximum absolute atomic E-state index is 5.79. The van der Waals surface area contributed by atoms with Crippen molar-refractivity contribution in [2.75, 3.05) is 26.3 Å². The fourth-order valence-corrected chi connectivity index (χ4v) is 3.54. The molecular formula is C14H18N2OS. The van der Waals surface area contributed by atoms with Crippen molar-refractivity contribution in [3.05, 3.63) is 34.7 Å². The highest BCUT2D eigenvalue weighted by atomic mass is 32.1. The lowest BCUT2D eigenvalue weighted by Crippen LogP contribution is -2.35. The summed E-state index contributed by atoms with van der Waals surface area (Å²) in [6, 6.07) is 6.44. The maximum Gasteiger partial charge on any atom is 0.0594 e. The second kappa shape index (κ2) is 5.36. The molecule has 1 aromatic carbocycles. The number of hydrogen-bond acceptors (Lipinski definition) is 4. The summed E-state index contributed by atoms with van der Waals surface area (Å²) >= 11 is 1.82. The summed E-state index contributed by atoms with van der Waals surface area (Å²) in [6.45, 7) is 5.43. The maximum atomic E-state index is 5.79. The van der Waals surface area contributed by atoms with E-state index >= 15 is 0 Å². The van der Waals surface area contributed by atoms with Crippen LogP contribution >= 0.6 is 11.3 Å². The summed E-state index contributed by atoms with van der Waals surface area (Å²) < 4.78 is 6.74. The zero-order valence-electron chi connectivity index (χ0n) is 10.4. The van der Waals surface area contributed by atoms with Gasteiger partial charge in [-0.1, -0.05) is 18.2 Å². The normalized spacial score (nSPS) is 17.4. The van der Waals surface area contributed by atoms with E-state index in [1.165, 1.54) is 21.2 Å². The number of morpholine rings is 1. The van der Waals surface area contributed by atoms with Crippen molar-refractivity contribution in [2.24, 2.45) is 5.73 Å². The molecule has 3 nitrogen and oxygen atoms in total. The third-order valence-electron chi connectivity index (χ3n) is 3.48. The molecule has 2 N–H and O–H groups in total. The number of hydrogen-bond donors (Lipinski definition) is 1. The Morgan fingerprint density at radius 3 is 2.83 bits per heavy atom. The topological polar surface area (TPSA) is 38.5 Å². The summed E-state index contributed by atoms with van der Waals surface area (Å²) in [5.41, 5.74) is 8.47. The van der Waals surface area contributed by atoms with E-state index in [4.69, 9.17) is 10.5 Å². The van der Waals surface area contributed by atoms with Gasteiger partial charge < -0.3 is 10.5 Å². The molecule has 0 aliphatic carbocycles. The van der Waals surface area contributed by atoms with Gasteiger partial charge in [0.25, 0.3) is 0 Å². The van der Waals surface area contributed by atoms with Gasteiger partial charge in [-0.15, -0.1) is 11.3 Å². The molecule has 0 bridgehead atoms. The van der Waals surface area contributed by atoms with Crippen molar-refractivity contribution in [2.45, 2.75) is 13.1 Å². The van der Waals surface area contributed by atoms with Crippen LogP contribution in [0.15, 0.2) is 23.6 Å². The zero-order valence-corrected chi connectivity index (χ0v) is 11.2. The van der Waals surface area contributed by atoms with E-state index in [0.717, 1.165) is 32.8 Å². The predicted octanol–water partition coefficient (Wildman–Crippen LogP) is 2.19. The molecule has 0 radical (unpaired) electrons. The number of rotatable bonds is 3. The van der Waals surface area contributed by atoms with Crippen LogP contribution in [0.1, 0.15) is 11.1 Å². The van der Waals surface area contributed by atoms with Crippen LogP contribution in [0.5, 0.6) is 0 Å². The number of benzene rings is 1. The van der Waals surface area contributed by atoms with Crippen LogP contribution in [-0.2, 0) is 17.8 Å². The van der Waals surface area contributed by atoms with Crippen molar-refractivity contribution in [1.82, 2.24) is 4.90 Å².